The minimum absolute atomic E-state index is 0.0272. The van der Waals surface area contributed by atoms with E-state index in [1.165, 1.54) is 0 Å². The first kappa shape index (κ1) is 10.7. The SMILES string of the molecule is CC(N)CC(O)c1ccc(C#N)cc1. The van der Waals surface area contributed by atoms with Crippen molar-refractivity contribution < 1.29 is 5.11 Å². The summed E-state index contributed by atoms with van der Waals surface area (Å²) in [5.41, 5.74) is 6.98. The summed E-state index contributed by atoms with van der Waals surface area (Å²) in [5.74, 6) is 0. The van der Waals surface area contributed by atoms with Crippen molar-refractivity contribution in [2.24, 2.45) is 5.73 Å². The van der Waals surface area contributed by atoms with Crippen LogP contribution in [-0.4, -0.2) is 11.1 Å². The molecule has 3 N–H and O–H groups in total. The summed E-state index contributed by atoms with van der Waals surface area (Å²) in [6.45, 7) is 1.85. The molecular weight excluding hydrogens is 176 g/mol. The largest absolute Gasteiger partial charge is 0.388 e. The Morgan fingerprint density at radius 3 is 2.43 bits per heavy atom. The first-order valence-corrected chi connectivity index (χ1v) is 4.57. The second kappa shape index (κ2) is 4.75. The van der Waals surface area contributed by atoms with Gasteiger partial charge in [0.05, 0.1) is 17.7 Å². The van der Waals surface area contributed by atoms with Gasteiger partial charge < -0.3 is 10.8 Å². The van der Waals surface area contributed by atoms with Crippen LogP contribution in [0.5, 0.6) is 0 Å². The number of nitrogens with zero attached hydrogens (tertiary/aromatic N) is 1. The molecule has 2 unspecified atom stereocenters. The van der Waals surface area contributed by atoms with E-state index >= 15 is 0 Å². The van der Waals surface area contributed by atoms with E-state index in [0.29, 0.717) is 12.0 Å². The van der Waals surface area contributed by atoms with Crippen LogP contribution in [0, 0.1) is 11.3 Å². The Labute approximate surface area is 83.8 Å². The molecule has 3 heteroatoms. The standard InChI is InChI=1S/C11H14N2O/c1-8(13)6-11(14)10-4-2-9(7-12)3-5-10/h2-5,8,11,14H,6,13H2,1H3. The highest BCUT2D eigenvalue weighted by Gasteiger charge is 2.09. The van der Waals surface area contributed by atoms with Gasteiger partial charge in [0.1, 0.15) is 0 Å². The summed E-state index contributed by atoms with van der Waals surface area (Å²) < 4.78 is 0. The minimum atomic E-state index is -0.539. The first-order chi connectivity index (χ1) is 6.63. The number of rotatable bonds is 3. The molecule has 3 nitrogen and oxygen atoms in total. The number of aliphatic hydroxyl groups excluding tert-OH is 1. The Morgan fingerprint density at radius 2 is 2.00 bits per heavy atom. The maximum atomic E-state index is 9.69. The molecule has 0 saturated carbocycles. The first-order valence-electron chi connectivity index (χ1n) is 4.57. The van der Waals surface area contributed by atoms with Crippen molar-refractivity contribution in [2.45, 2.75) is 25.5 Å². The van der Waals surface area contributed by atoms with Crippen LogP contribution < -0.4 is 5.73 Å². The van der Waals surface area contributed by atoms with Crippen LogP contribution in [0.15, 0.2) is 24.3 Å². The highest BCUT2D eigenvalue weighted by Crippen LogP contribution is 2.17. The summed E-state index contributed by atoms with van der Waals surface area (Å²) in [5, 5.41) is 18.3. The maximum absolute atomic E-state index is 9.69. The molecule has 0 heterocycles. The van der Waals surface area contributed by atoms with Crippen LogP contribution >= 0.6 is 0 Å². The molecule has 0 bridgehead atoms. The molecule has 0 aromatic heterocycles. The van der Waals surface area contributed by atoms with Gasteiger partial charge in [-0.3, -0.25) is 0 Å². The molecule has 0 spiro atoms. The Balaban J connectivity index is 2.72. The van der Waals surface area contributed by atoms with Crippen molar-refractivity contribution >= 4 is 0 Å². The number of nitrogens with two attached hydrogens (primary N) is 1. The molecule has 0 saturated heterocycles. The zero-order valence-electron chi connectivity index (χ0n) is 8.14. The van der Waals surface area contributed by atoms with Crippen LogP contribution in [0.4, 0.5) is 0 Å². The highest BCUT2D eigenvalue weighted by atomic mass is 16.3. The third-order valence-electron chi connectivity index (χ3n) is 2.02. The smallest absolute Gasteiger partial charge is 0.0991 e. The quantitative estimate of drug-likeness (QED) is 0.755. The van der Waals surface area contributed by atoms with Gasteiger partial charge >= 0.3 is 0 Å². The van der Waals surface area contributed by atoms with E-state index in [2.05, 4.69) is 0 Å². The topological polar surface area (TPSA) is 70.0 Å². The minimum Gasteiger partial charge on any atom is -0.388 e. The van der Waals surface area contributed by atoms with Crippen LogP contribution in [0.3, 0.4) is 0 Å². The van der Waals surface area contributed by atoms with Crippen LogP contribution in [0.2, 0.25) is 0 Å². The summed E-state index contributed by atoms with van der Waals surface area (Å²) in [6, 6.07) is 8.90. The third-order valence-corrected chi connectivity index (χ3v) is 2.02. The van der Waals surface area contributed by atoms with E-state index in [-0.39, 0.29) is 6.04 Å². The Hall–Kier alpha value is -1.37. The van der Waals surface area contributed by atoms with Gasteiger partial charge in [0.25, 0.3) is 0 Å². The lowest BCUT2D eigenvalue weighted by molar-refractivity contribution is 0.160. The van der Waals surface area contributed by atoms with Crippen molar-refractivity contribution in [1.82, 2.24) is 0 Å². The molecule has 1 aromatic carbocycles. The van der Waals surface area contributed by atoms with Crippen molar-refractivity contribution in [3.05, 3.63) is 35.4 Å². The lowest BCUT2D eigenvalue weighted by Crippen LogP contribution is -2.18. The van der Waals surface area contributed by atoms with Gasteiger partial charge in [-0.05, 0) is 31.0 Å². The zero-order valence-corrected chi connectivity index (χ0v) is 8.14. The number of hydrogen-bond acceptors (Lipinski definition) is 3. The van der Waals surface area contributed by atoms with Crippen LogP contribution in [-0.2, 0) is 0 Å². The second-order valence-electron chi connectivity index (χ2n) is 3.46. The van der Waals surface area contributed by atoms with E-state index in [9.17, 15) is 5.11 Å². The summed E-state index contributed by atoms with van der Waals surface area (Å²) in [6.07, 6.45) is -0.00550. The molecule has 0 fully saturated rings. The zero-order chi connectivity index (χ0) is 10.6. The molecular formula is C11H14N2O. The molecule has 74 valence electrons. The van der Waals surface area contributed by atoms with Gasteiger partial charge in [-0.2, -0.15) is 5.26 Å². The average molecular weight is 190 g/mol. The molecule has 0 aliphatic rings. The lowest BCUT2D eigenvalue weighted by atomic mass is 10.0. The van der Waals surface area contributed by atoms with E-state index in [1.807, 2.05) is 13.0 Å². The number of aliphatic hydroxyl groups is 1. The van der Waals surface area contributed by atoms with E-state index in [0.717, 1.165) is 5.56 Å². The highest BCUT2D eigenvalue weighted by molar-refractivity contribution is 5.32. The predicted molar refractivity (Wildman–Crippen MR) is 54.4 cm³/mol. The summed E-state index contributed by atoms with van der Waals surface area (Å²) in [4.78, 5) is 0. The summed E-state index contributed by atoms with van der Waals surface area (Å²) >= 11 is 0. The van der Waals surface area contributed by atoms with Crippen molar-refractivity contribution in [1.29, 1.82) is 5.26 Å². The van der Waals surface area contributed by atoms with Gasteiger partial charge in [-0.25, -0.2) is 0 Å². The monoisotopic (exact) mass is 190 g/mol. The van der Waals surface area contributed by atoms with E-state index in [1.54, 1.807) is 24.3 Å². The molecule has 0 amide bonds. The van der Waals surface area contributed by atoms with Crippen LogP contribution in [0.1, 0.15) is 30.6 Å². The van der Waals surface area contributed by atoms with E-state index < -0.39 is 6.10 Å². The van der Waals surface area contributed by atoms with Crippen LogP contribution in [0.25, 0.3) is 0 Å². The molecule has 2 atom stereocenters. The fourth-order valence-electron chi connectivity index (χ4n) is 1.27. The number of hydrogen-bond donors (Lipinski definition) is 2. The fraction of sp³-hybridized carbons (Fsp3) is 0.364. The molecule has 0 radical (unpaired) electrons. The van der Waals surface area contributed by atoms with Gasteiger partial charge in [-0.1, -0.05) is 12.1 Å². The summed E-state index contributed by atoms with van der Waals surface area (Å²) in [7, 11) is 0. The van der Waals surface area contributed by atoms with Gasteiger partial charge in [0.15, 0.2) is 0 Å². The van der Waals surface area contributed by atoms with Gasteiger partial charge in [-0.15, -0.1) is 0 Å². The third kappa shape index (κ3) is 2.84. The average Bonchev–Trinajstić information content (AvgIpc) is 2.17. The molecule has 14 heavy (non-hydrogen) atoms. The maximum Gasteiger partial charge on any atom is 0.0991 e. The normalized spacial score (nSPS) is 14.4. The Morgan fingerprint density at radius 1 is 1.43 bits per heavy atom. The molecule has 1 rings (SSSR count). The molecule has 0 aliphatic heterocycles. The molecule has 1 aromatic rings. The lowest BCUT2D eigenvalue weighted by Gasteiger charge is -2.12. The van der Waals surface area contributed by atoms with Crippen molar-refractivity contribution in [3.8, 4) is 6.07 Å². The van der Waals surface area contributed by atoms with Gasteiger partial charge in [0, 0.05) is 6.04 Å². The predicted octanol–water partition coefficient (Wildman–Crippen LogP) is 1.33. The van der Waals surface area contributed by atoms with Crippen molar-refractivity contribution in [3.63, 3.8) is 0 Å². The Kier molecular flexibility index (Phi) is 3.63. The Bertz CT molecular complexity index is 324. The van der Waals surface area contributed by atoms with Gasteiger partial charge in [0.2, 0.25) is 0 Å². The van der Waals surface area contributed by atoms with Crippen molar-refractivity contribution in [2.75, 3.05) is 0 Å². The second-order valence-corrected chi connectivity index (χ2v) is 3.46. The number of nitriles is 1. The number of benzene rings is 1. The molecule has 0 aliphatic carbocycles. The fourth-order valence-corrected chi connectivity index (χ4v) is 1.27. The van der Waals surface area contributed by atoms with E-state index in [4.69, 9.17) is 11.0 Å².